The fraction of sp³-hybridized carbons (Fsp3) is 0.364. The Morgan fingerprint density at radius 2 is 1.91 bits per heavy atom. The van der Waals surface area contributed by atoms with Crippen LogP contribution >= 0.6 is 22.9 Å². The van der Waals surface area contributed by atoms with Crippen molar-refractivity contribution < 1.29 is 4.79 Å². The first-order chi connectivity index (χ1) is 15.3. The average Bonchev–Trinajstić information content (AvgIpc) is 3.21. The highest BCUT2D eigenvalue weighted by Crippen LogP contribution is 2.38. The van der Waals surface area contributed by atoms with E-state index in [2.05, 4.69) is 34.7 Å². The molecule has 2 N–H and O–H groups in total. The Labute approximate surface area is 196 Å². The van der Waals surface area contributed by atoms with E-state index in [0.29, 0.717) is 17.4 Å². The van der Waals surface area contributed by atoms with Gasteiger partial charge in [0.2, 0.25) is 0 Å². The zero-order valence-corrected chi connectivity index (χ0v) is 20.3. The summed E-state index contributed by atoms with van der Waals surface area (Å²) in [7, 11) is 3.92. The Hall–Kier alpha value is -2.75. The van der Waals surface area contributed by atoms with E-state index in [9.17, 15) is 4.79 Å². The minimum absolute atomic E-state index is 0.304. The van der Waals surface area contributed by atoms with Gasteiger partial charge in [-0.25, -0.2) is 4.79 Å². The molecule has 168 valence electrons. The lowest BCUT2D eigenvalue weighted by Crippen LogP contribution is -2.41. The van der Waals surface area contributed by atoms with Crippen LogP contribution in [0.4, 0.5) is 4.79 Å². The standard InChI is InChI=1S/C22H26ClN7OS/c1-12-13(2)32-21-17(12)18(15-6-8-16(23)9-7-15)25-19(20-28-27-14(3)30(20)21)26-22(31)24-10-11-29(4)5/h6-9,19H,10-11H2,1-5H3,(H2,24,26,31). The third-order valence-electron chi connectivity index (χ3n) is 5.39. The van der Waals surface area contributed by atoms with Crippen LogP contribution in [0.5, 0.6) is 0 Å². The number of aliphatic imine (C=N–C) groups is 1. The Morgan fingerprint density at radius 1 is 1.19 bits per heavy atom. The molecular formula is C22H26ClN7OS. The molecule has 1 unspecified atom stereocenters. The molecule has 8 nitrogen and oxygen atoms in total. The summed E-state index contributed by atoms with van der Waals surface area (Å²) < 4.78 is 2.00. The quantitative estimate of drug-likeness (QED) is 0.595. The molecule has 1 aliphatic heterocycles. The molecular weight excluding hydrogens is 446 g/mol. The van der Waals surface area contributed by atoms with Crippen LogP contribution in [-0.4, -0.2) is 58.6 Å². The number of thiophene rings is 1. The minimum Gasteiger partial charge on any atom is -0.337 e. The number of hydrogen-bond donors (Lipinski definition) is 2. The van der Waals surface area contributed by atoms with E-state index in [1.54, 1.807) is 11.3 Å². The maximum Gasteiger partial charge on any atom is 0.316 e. The Morgan fingerprint density at radius 3 is 2.59 bits per heavy atom. The SMILES string of the molecule is Cc1sc2c(c1C)C(c1ccc(Cl)cc1)=NC(NC(=O)NCCN(C)C)c1nnc(C)n1-2. The number of halogens is 1. The van der Waals surface area contributed by atoms with Gasteiger partial charge in [0, 0.05) is 34.1 Å². The van der Waals surface area contributed by atoms with E-state index in [-0.39, 0.29) is 6.03 Å². The molecule has 32 heavy (non-hydrogen) atoms. The Bertz CT molecular complexity index is 1180. The van der Waals surface area contributed by atoms with Crippen LogP contribution in [0, 0.1) is 20.8 Å². The van der Waals surface area contributed by atoms with Gasteiger partial charge in [0.15, 0.2) is 12.0 Å². The number of nitrogens with one attached hydrogen (secondary N) is 2. The van der Waals surface area contributed by atoms with E-state index in [1.165, 1.54) is 4.88 Å². The minimum atomic E-state index is -0.694. The first kappa shape index (κ1) is 22.4. The number of rotatable bonds is 5. The smallest absolute Gasteiger partial charge is 0.316 e. The summed E-state index contributed by atoms with van der Waals surface area (Å²) in [5, 5.41) is 16.2. The van der Waals surface area contributed by atoms with Gasteiger partial charge in [0.05, 0.1) is 5.71 Å². The molecule has 1 atom stereocenters. The second-order valence-corrected chi connectivity index (χ2v) is 9.63. The first-order valence-corrected chi connectivity index (χ1v) is 11.5. The number of amides is 2. The third-order valence-corrected chi connectivity index (χ3v) is 6.83. The van der Waals surface area contributed by atoms with Gasteiger partial charge in [0.1, 0.15) is 10.8 Å². The van der Waals surface area contributed by atoms with Crippen molar-refractivity contribution in [1.82, 2.24) is 30.3 Å². The Kier molecular flexibility index (Phi) is 6.32. The van der Waals surface area contributed by atoms with Crippen molar-refractivity contribution in [3.05, 3.63) is 62.5 Å². The molecule has 10 heteroatoms. The van der Waals surface area contributed by atoms with Crippen molar-refractivity contribution in [2.24, 2.45) is 4.99 Å². The van der Waals surface area contributed by atoms with Crippen LogP contribution in [0.25, 0.3) is 5.00 Å². The van der Waals surface area contributed by atoms with E-state index >= 15 is 0 Å². The van der Waals surface area contributed by atoms with Gasteiger partial charge in [-0.15, -0.1) is 21.5 Å². The molecule has 0 saturated carbocycles. The molecule has 3 heterocycles. The highest BCUT2D eigenvalue weighted by molar-refractivity contribution is 7.15. The van der Waals surface area contributed by atoms with Crippen LogP contribution in [0.3, 0.4) is 0 Å². The van der Waals surface area contributed by atoms with Crippen LogP contribution in [0.15, 0.2) is 29.3 Å². The maximum atomic E-state index is 12.7. The lowest BCUT2D eigenvalue weighted by atomic mass is 10.00. The van der Waals surface area contributed by atoms with Crippen LogP contribution < -0.4 is 10.6 Å². The summed E-state index contributed by atoms with van der Waals surface area (Å²) in [4.78, 5) is 20.9. The molecule has 0 radical (unpaired) electrons. The summed E-state index contributed by atoms with van der Waals surface area (Å²) in [6.07, 6.45) is -0.694. The predicted molar refractivity (Wildman–Crippen MR) is 128 cm³/mol. The highest BCUT2D eigenvalue weighted by Gasteiger charge is 2.32. The molecule has 3 aromatic rings. The number of hydrogen-bond acceptors (Lipinski definition) is 6. The van der Waals surface area contributed by atoms with Crippen molar-refractivity contribution in [2.75, 3.05) is 27.2 Å². The lowest BCUT2D eigenvalue weighted by molar-refractivity contribution is 0.235. The fourth-order valence-electron chi connectivity index (χ4n) is 3.60. The summed E-state index contributed by atoms with van der Waals surface area (Å²) in [5.41, 5.74) is 3.89. The van der Waals surface area contributed by atoms with Gasteiger partial charge in [0.25, 0.3) is 0 Å². The lowest BCUT2D eigenvalue weighted by Gasteiger charge is -2.16. The summed E-state index contributed by atoms with van der Waals surface area (Å²) in [5.74, 6) is 1.33. The average molecular weight is 472 g/mol. The normalized spacial score (nSPS) is 15.1. The number of benzene rings is 1. The number of carbonyl (C=O) groups excluding carboxylic acids is 1. The second-order valence-electron chi connectivity index (χ2n) is 7.99. The molecule has 0 fully saturated rings. The number of carbonyl (C=O) groups is 1. The van der Waals surface area contributed by atoms with Gasteiger partial charge in [-0.3, -0.25) is 9.56 Å². The van der Waals surface area contributed by atoms with E-state index < -0.39 is 6.17 Å². The van der Waals surface area contributed by atoms with E-state index in [1.807, 2.05) is 54.8 Å². The first-order valence-electron chi connectivity index (χ1n) is 10.3. The number of urea groups is 1. The maximum absolute atomic E-state index is 12.7. The molecule has 0 saturated heterocycles. The number of nitrogens with zero attached hydrogens (tertiary/aromatic N) is 5. The van der Waals surface area contributed by atoms with E-state index in [0.717, 1.165) is 39.8 Å². The third kappa shape index (κ3) is 4.28. The molecule has 1 aliphatic rings. The van der Waals surface area contributed by atoms with Crippen molar-refractivity contribution in [3.63, 3.8) is 0 Å². The summed E-state index contributed by atoms with van der Waals surface area (Å²) in [6, 6.07) is 7.29. The topological polar surface area (TPSA) is 87.4 Å². The Balaban J connectivity index is 1.81. The molecule has 0 aliphatic carbocycles. The van der Waals surface area contributed by atoms with E-state index in [4.69, 9.17) is 16.6 Å². The summed E-state index contributed by atoms with van der Waals surface area (Å²) in [6.45, 7) is 7.36. The van der Waals surface area contributed by atoms with Crippen molar-refractivity contribution in [3.8, 4) is 5.00 Å². The monoisotopic (exact) mass is 471 g/mol. The second kappa shape index (κ2) is 9.01. The fourth-order valence-corrected chi connectivity index (χ4v) is 4.94. The molecule has 1 aromatic carbocycles. The molecule has 0 spiro atoms. The van der Waals surface area contributed by atoms with Gasteiger partial charge < -0.3 is 15.5 Å². The van der Waals surface area contributed by atoms with Crippen molar-refractivity contribution in [2.45, 2.75) is 26.9 Å². The van der Waals surface area contributed by atoms with Gasteiger partial charge in [-0.2, -0.15) is 0 Å². The predicted octanol–water partition coefficient (Wildman–Crippen LogP) is 3.62. The largest absolute Gasteiger partial charge is 0.337 e. The van der Waals surface area contributed by atoms with Crippen LogP contribution in [0.1, 0.15) is 39.4 Å². The number of aromatic nitrogens is 3. The van der Waals surface area contributed by atoms with Gasteiger partial charge in [-0.1, -0.05) is 23.7 Å². The molecule has 0 bridgehead atoms. The molecule has 4 rings (SSSR count). The number of aryl methyl sites for hydroxylation is 2. The molecule has 2 amide bonds. The zero-order chi connectivity index (χ0) is 23.0. The molecule has 2 aromatic heterocycles. The van der Waals surface area contributed by atoms with Crippen LogP contribution in [0.2, 0.25) is 5.02 Å². The van der Waals surface area contributed by atoms with Gasteiger partial charge in [-0.05, 0) is 52.6 Å². The summed E-state index contributed by atoms with van der Waals surface area (Å²) >= 11 is 7.81. The van der Waals surface area contributed by atoms with Gasteiger partial charge >= 0.3 is 6.03 Å². The number of likely N-dealkylation sites (N-methyl/N-ethyl adjacent to an activating group) is 1. The van der Waals surface area contributed by atoms with Crippen molar-refractivity contribution in [1.29, 1.82) is 0 Å². The zero-order valence-electron chi connectivity index (χ0n) is 18.7. The highest BCUT2D eigenvalue weighted by atomic mass is 35.5. The van der Waals surface area contributed by atoms with Crippen molar-refractivity contribution >= 4 is 34.7 Å². The number of fused-ring (bicyclic) bond motifs is 3. The van der Waals surface area contributed by atoms with Crippen LogP contribution in [-0.2, 0) is 0 Å².